The molecule has 0 aliphatic carbocycles. The number of thiophene rings is 1. The predicted octanol–water partition coefficient (Wildman–Crippen LogP) is 1.48. The summed E-state index contributed by atoms with van der Waals surface area (Å²) in [5, 5.41) is 6.15. The molecule has 0 aromatic carbocycles. The van der Waals surface area contributed by atoms with Crippen molar-refractivity contribution in [3.63, 3.8) is 0 Å². The zero-order valence-electron chi connectivity index (χ0n) is 9.92. The van der Waals surface area contributed by atoms with Gasteiger partial charge in [-0.3, -0.25) is 9.59 Å². The number of rotatable bonds is 6. The van der Waals surface area contributed by atoms with Crippen LogP contribution in [-0.2, 0) is 16.0 Å². The molecule has 0 saturated carbocycles. The summed E-state index contributed by atoms with van der Waals surface area (Å²) < 4.78 is 35.5. The van der Waals surface area contributed by atoms with Gasteiger partial charge in [-0.15, -0.1) is 11.3 Å². The Labute approximate surface area is 112 Å². The number of alkyl halides is 3. The van der Waals surface area contributed by atoms with Gasteiger partial charge in [0.05, 0.1) is 6.42 Å². The Morgan fingerprint density at radius 3 is 2.47 bits per heavy atom. The minimum absolute atomic E-state index is 0.127. The average Bonchev–Trinajstić information content (AvgIpc) is 2.79. The second kappa shape index (κ2) is 7.13. The first-order valence-corrected chi connectivity index (χ1v) is 6.41. The molecule has 1 aromatic heterocycles. The van der Waals surface area contributed by atoms with Crippen molar-refractivity contribution in [2.24, 2.45) is 0 Å². The second-order valence-corrected chi connectivity index (χ2v) is 4.75. The molecule has 2 N–H and O–H groups in total. The maximum atomic E-state index is 11.8. The van der Waals surface area contributed by atoms with Gasteiger partial charge in [-0.25, -0.2) is 0 Å². The minimum Gasteiger partial charge on any atom is -0.356 e. The van der Waals surface area contributed by atoms with Crippen LogP contribution < -0.4 is 10.6 Å². The molecule has 0 radical (unpaired) electrons. The molecule has 8 heteroatoms. The van der Waals surface area contributed by atoms with E-state index in [1.54, 1.807) is 5.32 Å². The first-order chi connectivity index (χ1) is 8.89. The molecule has 19 heavy (non-hydrogen) atoms. The van der Waals surface area contributed by atoms with Gasteiger partial charge < -0.3 is 10.6 Å². The molecule has 1 aromatic rings. The van der Waals surface area contributed by atoms with Crippen LogP contribution in [-0.4, -0.2) is 31.1 Å². The molecule has 0 fully saturated rings. The molecule has 1 heterocycles. The Morgan fingerprint density at radius 2 is 1.89 bits per heavy atom. The van der Waals surface area contributed by atoms with Crippen LogP contribution in [0.25, 0.3) is 0 Å². The van der Waals surface area contributed by atoms with Gasteiger partial charge in [0.25, 0.3) is 0 Å². The quantitative estimate of drug-likeness (QED) is 0.781. The number of nitrogens with one attached hydrogen (secondary N) is 2. The molecule has 0 bridgehead atoms. The smallest absolute Gasteiger partial charge is 0.356 e. The Kier molecular flexibility index (Phi) is 5.81. The number of hydrogen-bond donors (Lipinski definition) is 2. The van der Waals surface area contributed by atoms with E-state index < -0.39 is 12.1 Å². The van der Waals surface area contributed by atoms with Gasteiger partial charge in [-0.2, -0.15) is 13.2 Å². The number of amides is 2. The highest BCUT2D eigenvalue weighted by Gasteiger charge is 2.38. The minimum atomic E-state index is -4.86. The Morgan fingerprint density at radius 1 is 1.21 bits per heavy atom. The lowest BCUT2D eigenvalue weighted by molar-refractivity contribution is -0.173. The van der Waals surface area contributed by atoms with Crippen LogP contribution in [0.1, 0.15) is 11.3 Å². The summed E-state index contributed by atoms with van der Waals surface area (Å²) >= 11 is 1.46. The number of carbonyl (C=O) groups is 2. The molecule has 106 valence electrons. The zero-order valence-corrected chi connectivity index (χ0v) is 10.7. The summed E-state index contributed by atoms with van der Waals surface area (Å²) in [6, 6.07) is 3.66. The normalized spacial score (nSPS) is 11.1. The maximum absolute atomic E-state index is 11.8. The standard InChI is InChI=1S/C11H13F3N2O2S/c12-11(13,14)10(18)16-5-2-4-15-9(17)7-8-3-1-6-19-8/h1,3,6H,2,4-5,7H2,(H,15,17)(H,16,18). The van der Waals surface area contributed by atoms with Crippen molar-refractivity contribution in [2.75, 3.05) is 13.1 Å². The first-order valence-electron chi connectivity index (χ1n) is 5.53. The maximum Gasteiger partial charge on any atom is 0.471 e. The van der Waals surface area contributed by atoms with E-state index in [4.69, 9.17) is 0 Å². The summed E-state index contributed by atoms with van der Waals surface area (Å²) in [6.45, 7) is 0.0972. The average molecular weight is 294 g/mol. The molecule has 0 spiro atoms. The SMILES string of the molecule is O=C(Cc1cccs1)NCCCNC(=O)C(F)(F)F. The number of carbonyl (C=O) groups excluding carboxylic acids is 2. The van der Waals surface area contributed by atoms with Crippen molar-refractivity contribution in [3.05, 3.63) is 22.4 Å². The van der Waals surface area contributed by atoms with Crippen LogP contribution in [0.2, 0.25) is 0 Å². The van der Waals surface area contributed by atoms with E-state index in [0.717, 1.165) is 4.88 Å². The molecule has 0 saturated heterocycles. The summed E-state index contributed by atoms with van der Waals surface area (Å²) in [5.74, 6) is -2.15. The molecular weight excluding hydrogens is 281 g/mol. The van der Waals surface area contributed by atoms with Crippen LogP contribution in [0.3, 0.4) is 0 Å². The molecule has 0 aliphatic heterocycles. The van der Waals surface area contributed by atoms with Crippen molar-refractivity contribution in [2.45, 2.75) is 19.0 Å². The second-order valence-electron chi connectivity index (χ2n) is 3.71. The molecule has 0 aliphatic rings. The molecular formula is C11H13F3N2O2S. The zero-order chi connectivity index (χ0) is 14.3. The van der Waals surface area contributed by atoms with Gasteiger partial charge in [0.2, 0.25) is 5.91 Å². The van der Waals surface area contributed by atoms with E-state index in [1.807, 2.05) is 17.5 Å². The Hall–Kier alpha value is -1.57. The van der Waals surface area contributed by atoms with Gasteiger partial charge in [0.1, 0.15) is 0 Å². The van der Waals surface area contributed by atoms with Gasteiger partial charge in [-0.05, 0) is 17.9 Å². The molecule has 1 rings (SSSR count). The van der Waals surface area contributed by atoms with E-state index >= 15 is 0 Å². The van der Waals surface area contributed by atoms with Crippen molar-refractivity contribution < 1.29 is 22.8 Å². The largest absolute Gasteiger partial charge is 0.471 e. The summed E-state index contributed by atoms with van der Waals surface area (Å²) in [5.41, 5.74) is 0. The number of halogens is 3. The fourth-order valence-electron chi connectivity index (χ4n) is 1.25. The third kappa shape index (κ3) is 6.23. The summed E-state index contributed by atoms with van der Waals surface area (Å²) in [6.07, 6.45) is -4.35. The van der Waals surface area contributed by atoms with Gasteiger partial charge in [-0.1, -0.05) is 6.07 Å². The van der Waals surface area contributed by atoms with Crippen molar-refractivity contribution in [1.82, 2.24) is 10.6 Å². The lowest BCUT2D eigenvalue weighted by atomic mass is 10.3. The van der Waals surface area contributed by atoms with Crippen molar-refractivity contribution >= 4 is 23.2 Å². The third-order valence-electron chi connectivity index (χ3n) is 2.13. The Bertz CT molecular complexity index is 418. The van der Waals surface area contributed by atoms with Crippen molar-refractivity contribution in [3.8, 4) is 0 Å². The van der Waals surface area contributed by atoms with E-state index in [2.05, 4.69) is 5.32 Å². The van der Waals surface area contributed by atoms with Crippen LogP contribution in [0.4, 0.5) is 13.2 Å². The molecule has 0 unspecified atom stereocenters. The summed E-state index contributed by atoms with van der Waals surface area (Å²) in [7, 11) is 0. The molecule has 0 atom stereocenters. The van der Waals surface area contributed by atoms with Gasteiger partial charge in [0.15, 0.2) is 0 Å². The third-order valence-corrected chi connectivity index (χ3v) is 3.01. The highest BCUT2D eigenvalue weighted by Crippen LogP contribution is 2.13. The van der Waals surface area contributed by atoms with E-state index in [9.17, 15) is 22.8 Å². The first kappa shape index (κ1) is 15.5. The van der Waals surface area contributed by atoms with E-state index in [-0.39, 0.29) is 31.8 Å². The molecule has 2 amide bonds. The number of hydrogen-bond acceptors (Lipinski definition) is 3. The predicted molar refractivity (Wildman–Crippen MR) is 64.7 cm³/mol. The fourth-order valence-corrected chi connectivity index (χ4v) is 1.96. The van der Waals surface area contributed by atoms with Gasteiger partial charge in [0, 0.05) is 18.0 Å². The summed E-state index contributed by atoms with van der Waals surface area (Å²) in [4.78, 5) is 22.8. The van der Waals surface area contributed by atoms with E-state index in [0.29, 0.717) is 0 Å². The highest BCUT2D eigenvalue weighted by molar-refractivity contribution is 7.10. The van der Waals surface area contributed by atoms with Crippen LogP contribution in [0.5, 0.6) is 0 Å². The van der Waals surface area contributed by atoms with Crippen LogP contribution in [0.15, 0.2) is 17.5 Å². The fraction of sp³-hybridized carbons (Fsp3) is 0.455. The lowest BCUT2D eigenvalue weighted by Gasteiger charge is -2.08. The topological polar surface area (TPSA) is 58.2 Å². The highest BCUT2D eigenvalue weighted by atomic mass is 32.1. The van der Waals surface area contributed by atoms with Crippen LogP contribution in [0, 0.1) is 0 Å². The monoisotopic (exact) mass is 294 g/mol. The van der Waals surface area contributed by atoms with Crippen LogP contribution >= 0.6 is 11.3 Å². The Balaban J connectivity index is 2.08. The van der Waals surface area contributed by atoms with Crippen molar-refractivity contribution in [1.29, 1.82) is 0 Å². The molecule has 4 nitrogen and oxygen atoms in total. The van der Waals surface area contributed by atoms with Gasteiger partial charge >= 0.3 is 12.1 Å². The van der Waals surface area contributed by atoms with E-state index in [1.165, 1.54) is 11.3 Å². The lowest BCUT2D eigenvalue weighted by Crippen LogP contribution is -2.38.